The number of carbonyl (C=O) groups excluding carboxylic acids is 1. The fraction of sp³-hybridized carbons (Fsp3) is 0.400. The summed E-state index contributed by atoms with van der Waals surface area (Å²) in [5, 5.41) is 0. The lowest BCUT2D eigenvalue weighted by molar-refractivity contribution is 0.0660. The van der Waals surface area contributed by atoms with Gasteiger partial charge in [0.2, 0.25) is 0 Å². The molecule has 2 aromatic rings. The third-order valence-corrected chi connectivity index (χ3v) is 5.42. The van der Waals surface area contributed by atoms with E-state index < -0.39 is 0 Å². The number of amides is 1. The maximum atomic E-state index is 13.6. The maximum absolute atomic E-state index is 13.6. The van der Waals surface area contributed by atoms with Gasteiger partial charge in [-0.25, -0.2) is 0 Å². The van der Waals surface area contributed by atoms with E-state index in [9.17, 15) is 4.79 Å². The molecule has 0 unspecified atom stereocenters. The summed E-state index contributed by atoms with van der Waals surface area (Å²) in [6, 6.07) is 13.5. The van der Waals surface area contributed by atoms with Gasteiger partial charge in [-0.05, 0) is 49.6 Å². The van der Waals surface area contributed by atoms with Gasteiger partial charge < -0.3 is 19.1 Å². The molecule has 1 aliphatic rings. The summed E-state index contributed by atoms with van der Waals surface area (Å²) in [5.41, 5.74) is 1.59. The van der Waals surface area contributed by atoms with E-state index in [-0.39, 0.29) is 11.9 Å². The Labute approximate surface area is 178 Å². The predicted molar refractivity (Wildman–Crippen MR) is 117 cm³/mol. The molecule has 0 saturated heterocycles. The summed E-state index contributed by atoms with van der Waals surface area (Å²) in [5.74, 6) is 7.48. The van der Waals surface area contributed by atoms with Crippen molar-refractivity contribution in [3.63, 3.8) is 0 Å². The Morgan fingerprint density at radius 2 is 1.80 bits per heavy atom. The topological polar surface area (TPSA) is 48.0 Å². The fourth-order valence-electron chi connectivity index (χ4n) is 3.87. The van der Waals surface area contributed by atoms with Gasteiger partial charge in [0.15, 0.2) is 11.5 Å². The number of nitrogens with zero attached hydrogens (tertiary/aromatic N) is 1. The monoisotopic (exact) mass is 407 g/mol. The number of rotatable bonds is 8. The van der Waals surface area contributed by atoms with Gasteiger partial charge in [0.1, 0.15) is 12.4 Å². The average Bonchev–Trinajstić information content (AvgIpc) is 3.32. The number of methoxy groups -OCH3 is 2. The Balaban J connectivity index is 1.83. The number of hydrogen-bond donors (Lipinski definition) is 0. The third kappa shape index (κ3) is 5.07. The van der Waals surface area contributed by atoms with Crippen LogP contribution in [0.4, 0.5) is 0 Å². The lowest BCUT2D eigenvalue weighted by Gasteiger charge is -2.30. The SMILES string of the molecule is CC#CCOc1ccc(CN(C(=O)c2cccc(OC)c2OC)C2CCCC2)cc1. The fourth-order valence-corrected chi connectivity index (χ4v) is 3.87. The Kier molecular flexibility index (Phi) is 7.62. The number of carbonyl (C=O) groups is 1. The number of ether oxygens (including phenoxy) is 3. The van der Waals surface area contributed by atoms with E-state index in [1.807, 2.05) is 35.2 Å². The lowest BCUT2D eigenvalue weighted by atomic mass is 10.1. The Morgan fingerprint density at radius 3 is 2.43 bits per heavy atom. The van der Waals surface area contributed by atoms with E-state index in [0.29, 0.717) is 30.2 Å². The smallest absolute Gasteiger partial charge is 0.258 e. The first kappa shape index (κ1) is 21.6. The van der Waals surface area contributed by atoms with E-state index in [2.05, 4.69) is 11.8 Å². The Bertz CT molecular complexity index is 905. The van der Waals surface area contributed by atoms with Crippen molar-refractivity contribution in [3.8, 4) is 29.1 Å². The highest BCUT2D eigenvalue weighted by Crippen LogP contribution is 2.34. The molecule has 30 heavy (non-hydrogen) atoms. The van der Waals surface area contributed by atoms with E-state index in [0.717, 1.165) is 37.0 Å². The molecule has 0 aromatic heterocycles. The van der Waals surface area contributed by atoms with Crippen molar-refractivity contribution in [2.75, 3.05) is 20.8 Å². The summed E-state index contributed by atoms with van der Waals surface area (Å²) in [6.45, 7) is 2.70. The average molecular weight is 408 g/mol. The van der Waals surface area contributed by atoms with Gasteiger partial charge in [0.05, 0.1) is 19.8 Å². The van der Waals surface area contributed by atoms with E-state index in [1.54, 1.807) is 33.3 Å². The van der Waals surface area contributed by atoms with Crippen LogP contribution in [-0.2, 0) is 6.54 Å². The van der Waals surface area contributed by atoms with Gasteiger partial charge in [0.25, 0.3) is 5.91 Å². The lowest BCUT2D eigenvalue weighted by Crippen LogP contribution is -2.38. The predicted octanol–water partition coefficient (Wildman–Crippen LogP) is 4.69. The molecular formula is C25H29NO4. The Morgan fingerprint density at radius 1 is 1.07 bits per heavy atom. The van der Waals surface area contributed by atoms with E-state index >= 15 is 0 Å². The number of hydrogen-bond acceptors (Lipinski definition) is 4. The number of benzene rings is 2. The molecule has 5 heteroatoms. The number of para-hydroxylation sites is 1. The van der Waals surface area contributed by atoms with Crippen molar-refractivity contribution in [3.05, 3.63) is 53.6 Å². The zero-order valence-electron chi connectivity index (χ0n) is 17.9. The second kappa shape index (κ2) is 10.6. The molecule has 1 fully saturated rings. The minimum atomic E-state index is -0.0313. The Hall–Kier alpha value is -3.13. The second-order valence-electron chi connectivity index (χ2n) is 7.27. The minimum absolute atomic E-state index is 0.0313. The van der Waals surface area contributed by atoms with Gasteiger partial charge in [-0.1, -0.05) is 37.0 Å². The van der Waals surface area contributed by atoms with Crippen LogP contribution in [0, 0.1) is 11.8 Å². The molecule has 1 saturated carbocycles. The zero-order valence-corrected chi connectivity index (χ0v) is 17.9. The molecule has 3 rings (SSSR count). The van der Waals surface area contributed by atoms with Crippen LogP contribution in [0.25, 0.3) is 0 Å². The largest absolute Gasteiger partial charge is 0.493 e. The first-order valence-corrected chi connectivity index (χ1v) is 10.3. The van der Waals surface area contributed by atoms with Gasteiger partial charge in [-0.15, -0.1) is 5.92 Å². The molecule has 5 nitrogen and oxygen atoms in total. The summed E-state index contributed by atoms with van der Waals surface area (Å²) in [6.07, 6.45) is 4.34. The van der Waals surface area contributed by atoms with Crippen LogP contribution < -0.4 is 14.2 Å². The molecule has 0 heterocycles. The van der Waals surface area contributed by atoms with Crippen LogP contribution in [0.1, 0.15) is 48.5 Å². The van der Waals surface area contributed by atoms with Gasteiger partial charge in [0, 0.05) is 12.6 Å². The molecule has 158 valence electrons. The second-order valence-corrected chi connectivity index (χ2v) is 7.27. The minimum Gasteiger partial charge on any atom is -0.493 e. The van der Waals surface area contributed by atoms with Gasteiger partial charge in [-0.2, -0.15) is 0 Å². The van der Waals surface area contributed by atoms with Crippen LogP contribution in [-0.4, -0.2) is 37.7 Å². The summed E-state index contributed by atoms with van der Waals surface area (Å²) in [7, 11) is 3.15. The molecule has 0 radical (unpaired) electrons. The molecule has 1 amide bonds. The van der Waals surface area contributed by atoms with Crippen molar-refractivity contribution in [1.82, 2.24) is 4.90 Å². The molecular weight excluding hydrogens is 378 g/mol. The molecule has 0 atom stereocenters. The van der Waals surface area contributed by atoms with Crippen molar-refractivity contribution in [2.24, 2.45) is 0 Å². The maximum Gasteiger partial charge on any atom is 0.258 e. The van der Waals surface area contributed by atoms with Crippen molar-refractivity contribution in [1.29, 1.82) is 0 Å². The van der Waals surface area contributed by atoms with Crippen molar-refractivity contribution < 1.29 is 19.0 Å². The quantitative estimate of drug-likeness (QED) is 0.596. The van der Waals surface area contributed by atoms with Crippen LogP contribution >= 0.6 is 0 Å². The third-order valence-electron chi connectivity index (χ3n) is 5.42. The van der Waals surface area contributed by atoms with Gasteiger partial charge >= 0.3 is 0 Å². The van der Waals surface area contributed by atoms with Crippen LogP contribution in [0.15, 0.2) is 42.5 Å². The highest BCUT2D eigenvalue weighted by Gasteiger charge is 2.30. The normalized spacial score (nSPS) is 13.3. The highest BCUT2D eigenvalue weighted by molar-refractivity contribution is 5.98. The van der Waals surface area contributed by atoms with E-state index in [4.69, 9.17) is 14.2 Å². The van der Waals surface area contributed by atoms with Crippen molar-refractivity contribution >= 4 is 5.91 Å². The first-order chi connectivity index (χ1) is 14.7. The zero-order chi connectivity index (χ0) is 21.3. The van der Waals surface area contributed by atoms with Gasteiger partial charge in [-0.3, -0.25) is 4.79 Å². The van der Waals surface area contributed by atoms with E-state index in [1.165, 1.54) is 0 Å². The molecule has 2 aromatic carbocycles. The first-order valence-electron chi connectivity index (χ1n) is 10.3. The summed E-state index contributed by atoms with van der Waals surface area (Å²) >= 11 is 0. The molecule has 0 bridgehead atoms. The molecule has 1 aliphatic carbocycles. The van der Waals surface area contributed by atoms with Crippen LogP contribution in [0.5, 0.6) is 17.2 Å². The summed E-state index contributed by atoms with van der Waals surface area (Å²) < 4.78 is 16.5. The highest BCUT2D eigenvalue weighted by atomic mass is 16.5. The molecule has 0 spiro atoms. The van der Waals surface area contributed by atoms with Crippen molar-refractivity contribution in [2.45, 2.75) is 45.2 Å². The summed E-state index contributed by atoms with van der Waals surface area (Å²) in [4.78, 5) is 15.6. The standard InChI is InChI=1S/C25H29NO4/c1-4-5-17-30-21-15-13-19(14-16-21)18-26(20-9-6-7-10-20)25(27)22-11-8-12-23(28-2)24(22)29-3/h8,11-16,20H,6-7,9-10,17-18H2,1-3H3. The van der Waals surface area contributed by atoms with Crippen LogP contribution in [0.2, 0.25) is 0 Å². The molecule has 0 N–H and O–H groups in total. The van der Waals surface area contributed by atoms with Crippen LogP contribution in [0.3, 0.4) is 0 Å². The molecule has 0 aliphatic heterocycles.